The van der Waals surface area contributed by atoms with Gasteiger partial charge in [-0.05, 0) is 80.0 Å². The van der Waals surface area contributed by atoms with Crippen molar-refractivity contribution in [2.24, 2.45) is 0 Å². The van der Waals surface area contributed by atoms with Gasteiger partial charge in [-0.2, -0.15) is 0 Å². The molecule has 0 aromatic heterocycles. The third-order valence-corrected chi connectivity index (χ3v) is 8.36. The van der Waals surface area contributed by atoms with Gasteiger partial charge in [0, 0.05) is 6.54 Å². The number of hydrogen-bond acceptors (Lipinski definition) is 6. The molecule has 4 rings (SSSR count). The Balaban J connectivity index is 0.00000441. The summed E-state index contributed by atoms with van der Waals surface area (Å²) >= 11 is 0. The van der Waals surface area contributed by atoms with Crippen LogP contribution in [0.2, 0.25) is 0 Å². The lowest BCUT2D eigenvalue weighted by Gasteiger charge is -2.24. The second-order valence-electron chi connectivity index (χ2n) is 10.0. The number of aliphatic hydroxyl groups is 1. The van der Waals surface area contributed by atoms with Crippen LogP contribution in [-0.4, -0.2) is 44.4 Å². The summed E-state index contributed by atoms with van der Waals surface area (Å²) in [6.45, 7) is 2.73. The summed E-state index contributed by atoms with van der Waals surface area (Å²) in [5.74, 6) is -0.437. The van der Waals surface area contributed by atoms with Crippen molar-refractivity contribution >= 4 is 28.3 Å². The third kappa shape index (κ3) is 9.06. The molecule has 1 atom stereocenters. The van der Waals surface area contributed by atoms with Gasteiger partial charge in [-0.25, -0.2) is 13.1 Å². The molecule has 0 saturated heterocycles. The van der Waals surface area contributed by atoms with Crippen LogP contribution >= 0.6 is 12.4 Å². The number of sulfonamides is 1. The Morgan fingerprint density at radius 3 is 2.33 bits per heavy atom. The number of carbonyl (C=O) groups is 1. The van der Waals surface area contributed by atoms with Crippen LogP contribution < -0.4 is 14.8 Å². The molecule has 9 heteroatoms. The Morgan fingerprint density at radius 1 is 0.975 bits per heavy atom. The maximum Gasteiger partial charge on any atom is 0.268 e. The fraction of sp³-hybridized carbons (Fsp3) is 0.387. The van der Waals surface area contributed by atoms with Crippen LogP contribution in [0.4, 0.5) is 0 Å². The zero-order valence-corrected chi connectivity index (χ0v) is 24.5. The van der Waals surface area contributed by atoms with Crippen molar-refractivity contribution in [3.63, 3.8) is 0 Å². The molecule has 0 aliphatic heterocycles. The average molecular weight is 587 g/mol. The van der Waals surface area contributed by atoms with E-state index in [0.717, 1.165) is 55.3 Å². The molecule has 40 heavy (non-hydrogen) atoms. The van der Waals surface area contributed by atoms with Crippen LogP contribution in [0.5, 0.6) is 5.75 Å². The van der Waals surface area contributed by atoms with Gasteiger partial charge in [0.2, 0.25) is 10.0 Å². The molecule has 1 aliphatic rings. The Labute approximate surface area is 243 Å². The lowest BCUT2D eigenvalue weighted by molar-refractivity contribution is 0.0969. The molecule has 0 heterocycles. The Kier molecular flexibility index (Phi) is 12.0. The molecule has 1 aliphatic carbocycles. The molecule has 1 saturated carbocycles. The largest absolute Gasteiger partial charge is 0.490 e. The molecule has 3 N–H and O–H groups in total. The molecule has 3 aromatic rings. The molecule has 7 nitrogen and oxygen atoms in total. The van der Waals surface area contributed by atoms with E-state index in [4.69, 9.17) is 4.74 Å². The number of nitrogens with one attached hydrogen (secondary N) is 2. The predicted molar refractivity (Wildman–Crippen MR) is 162 cm³/mol. The van der Waals surface area contributed by atoms with Crippen molar-refractivity contribution in [2.75, 3.05) is 18.8 Å². The summed E-state index contributed by atoms with van der Waals surface area (Å²) < 4.78 is 32.4. The van der Waals surface area contributed by atoms with Crippen molar-refractivity contribution in [2.45, 2.75) is 57.7 Å². The molecule has 3 aromatic carbocycles. The number of hydrogen-bond donors (Lipinski definition) is 3. The van der Waals surface area contributed by atoms with Crippen LogP contribution in [0.25, 0.3) is 11.1 Å². The van der Waals surface area contributed by atoms with Gasteiger partial charge in [-0.15, -0.1) is 12.4 Å². The van der Waals surface area contributed by atoms with Gasteiger partial charge < -0.3 is 15.2 Å². The summed E-state index contributed by atoms with van der Waals surface area (Å²) in [6.07, 6.45) is 5.48. The van der Waals surface area contributed by atoms with Gasteiger partial charge in [0.15, 0.2) is 0 Å². The van der Waals surface area contributed by atoms with Gasteiger partial charge in [0.05, 0.1) is 23.5 Å². The molecule has 216 valence electrons. The molecular weight excluding hydrogens is 548 g/mol. The van der Waals surface area contributed by atoms with Gasteiger partial charge >= 0.3 is 0 Å². The van der Waals surface area contributed by atoms with Gasteiger partial charge in [0.1, 0.15) is 5.75 Å². The summed E-state index contributed by atoms with van der Waals surface area (Å²) in [4.78, 5) is 12.8. The minimum Gasteiger partial charge on any atom is -0.490 e. The van der Waals surface area contributed by atoms with Gasteiger partial charge in [0.25, 0.3) is 5.91 Å². The van der Waals surface area contributed by atoms with E-state index in [0.29, 0.717) is 12.3 Å². The van der Waals surface area contributed by atoms with Crippen molar-refractivity contribution < 1.29 is 23.1 Å². The van der Waals surface area contributed by atoms with Crippen LogP contribution in [-0.2, 0) is 16.4 Å². The topological polar surface area (TPSA) is 105 Å². The van der Waals surface area contributed by atoms with Crippen molar-refractivity contribution in [3.05, 3.63) is 89.5 Å². The molecule has 0 spiro atoms. The zero-order valence-electron chi connectivity index (χ0n) is 22.8. The highest BCUT2D eigenvalue weighted by Gasteiger charge is 2.22. The molecular formula is C31H39ClN2O5S. The SMILES string of the molecule is CCS(=O)(=O)NC(=O)c1ccc(-c2ccc(CCNC[C@H](O)c3ccccc3)cc2)cc1OC1CCCCC1.Cl. The quantitative estimate of drug-likeness (QED) is 0.244. The van der Waals surface area contributed by atoms with Crippen LogP contribution in [0, 0.1) is 0 Å². The monoisotopic (exact) mass is 586 g/mol. The van der Waals surface area contributed by atoms with Crippen molar-refractivity contribution in [1.29, 1.82) is 0 Å². The van der Waals surface area contributed by atoms with E-state index in [1.165, 1.54) is 18.9 Å². The fourth-order valence-corrected chi connectivity index (χ4v) is 5.28. The van der Waals surface area contributed by atoms with Crippen molar-refractivity contribution in [1.82, 2.24) is 10.0 Å². The van der Waals surface area contributed by atoms with E-state index < -0.39 is 22.0 Å². The highest BCUT2D eigenvalue weighted by atomic mass is 35.5. The summed E-state index contributed by atoms with van der Waals surface area (Å²) in [5.41, 5.74) is 4.16. The molecule has 0 radical (unpaired) electrons. The first-order chi connectivity index (χ1) is 18.8. The average Bonchev–Trinajstić information content (AvgIpc) is 2.96. The fourth-order valence-electron chi connectivity index (χ4n) is 4.75. The second kappa shape index (κ2) is 15.2. The highest BCUT2D eigenvalue weighted by molar-refractivity contribution is 7.90. The van der Waals surface area contributed by atoms with Gasteiger partial charge in [-0.1, -0.05) is 67.1 Å². The number of rotatable bonds is 12. The summed E-state index contributed by atoms with van der Waals surface area (Å²) in [7, 11) is -3.69. The second-order valence-corrected chi connectivity index (χ2v) is 12.0. The summed E-state index contributed by atoms with van der Waals surface area (Å²) in [6, 6.07) is 23.1. The van der Waals surface area contributed by atoms with E-state index in [1.807, 2.05) is 54.6 Å². The van der Waals surface area contributed by atoms with Crippen LogP contribution in [0.3, 0.4) is 0 Å². The minimum atomic E-state index is -3.69. The number of carbonyl (C=O) groups excluding carboxylic acids is 1. The Morgan fingerprint density at radius 2 is 1.65 bits per heavy atom. The van der Waals surface area contributed by atoms with Crippen LogP contribution in [0.1, 0.15) is 66.6 Å². The van der Waals surface area contributed by atoms with Crippen molar-refractivity contribution in [3.8, 4) is 16.9 Å². The minimum absolute atomic E-state index is 0. The maximum atomic E-state index is 12.8. The smallest absolute Gasteiger partial charge is 0.268 e. The highest BCUT2D eigenvalue weighted by Crippen LogP contribution is 2.31. The first-order valence-corrected chi connectivity index (χ1v) is 15.4. The van der Waals surface area contributed by atoms with Crippen LogP contribution in [0.15, 0.2) is 72.8 Å². The lowest BCUT2D eigenvalue weighted by atomic mass is 9.97. The number of amides is 1. The lowest BCUT2D eigenvalue weighted by Crippen LogP contribution is -2.32. The Bertz CT molecular complexity index is 1330. The zero-order chi connectivity index (χ0) is 27.7. The molecule has 1 fully saturated rings. The van der Waals surface area contributed by atoms with Gasteiger partial charge in [-0.3, -0.25) is 4.79 Å². The molecule has 0 unspecified atom stereocenters. The summed E-state index contributed by atoms with van der Waals surface area (Å²) in [5, 5.41) is 13.6. The van der Waals surface area contributed by atoms with E-state index in [1.54, 1.807) is 6.07 Å². The normalized spacial score (nSPS) is 14.7. The van der Waals surface area contributed by atoms with E-state index in [-0.39, 0.29) is 29.8 Å². The maximum absolute atomic E-state index is 12.8. The first-order valence-electron chi connectivity index (χ1n) is 13.7. The Hall–Kier alpha value is -2.91. The number of halogens is 1. The van der Waals surface area contributed by atoms with E-state index >= 15 is 0 Å². The third-order valence-electron chi connectivity index (χ3n) is 7.10. The standard InChI is InChI=1S/C31H38N2O5S.ClH/c1-2-39(36,37)33-31(35)28-18-17-26(21-30(28)38-27-11-7-4-8-12-27)24-15-13-23(14-16-24)19-20-32-22-29(34)25-9-5-3-6-10-25;/h3,5-6,9-10,13-18,21,27,29,32,34H,2,4,7-8,11-12,19-20,22H2,1H3,(H,33,35);1H/t29-;/m0./s1. The number of aliphatic hydroxyl groups excluding tert-OH is 1. The predicted octanol–water partition coefficient (Wildman–Crippen LogP) is 5.43. The molecule has 1 amide bonds. The number of ether oxygens (including phenoxy) is 1. The van der Waals surface area contributed by atoms with E-state index in [9.17, 15) is 18.3 Å². The first kappa shape index (κ1) is 31.6. The van der Waals surface area contributed by atoms with E-state index in [2.05, 4.69) is 22.2 Å². The number of benzene rings is 3. The molecule has 0 bridgehead atoms.